The molecule has 88 valence electrons. The van der Waals surface area contributed by atoms with Crippen molar-refractivity contribution in [3.05, 3.63) is 33.8 Å². The highest BCUT2D eigenvalue weighted by Gasteiger charge is 2.29. The monoisotopic (exact) mass is 290 g/mol. The van der Waals surface area contributed by atoms with Crippen molar-refractivity contribution in [1.29, 1.82) is 0 Å². The SMILES string of the molecule is OC(c1c(F)cc(Br)cc1F)C1CCCC1. The molecule has 0 bridgehead atoms. The van der Waals surface area contributed by atoms with Crippen LogP contribution in [0.2, 0.25) is 0 Å². The lowest BCUT2D eigenvalue weighted by atomic mass is 9.94. The fraction of sp³-hybridized carbons (Fsp3) is 0.500. The van der Waals surface area contributed by atoms with Gasteiger partial charge < -0.3 is 5.11 Å². The summed E-state index contributed by atoms with van der Waals surface area (Å²) in [7, 11) is 0. The molecule has 1 aromatic rings. The molecule has 1 saturated carbocycles. The summed E-state index contributed by atoms with van der Waals surface area (Å²) in [6.45, 7) is 0. The molecule has 1 aliphatic rings. The second-order valence-electron chi connectivity index (χ2n) is 4.27. The number of aliphatic hydroxyl groups excluding tert-OH is 1. The summed E-state index contributed by atoms with van der Waals surface area (Å²) in [6.07, 6.45) is 2.73. The molecule has 0 spiro atoms. The molecule has 1 aliphatic carbocycles. The Morgan fingerprint density at radius 3 is 2.19 bits per heavy atom. The van der Waals surface area contributed by atoms with Crippen molar-refractivity contribution in [2.75, 3.05) is 0 Å². The standard InChI is InChI=1S/C12H13BrF2O/c13-8-5-9(14)11(10(15)6-8)12(16)7-3-1-2-4-7/h5-7,12,16H,1-4H2. The Kier molecular flexibility index (Phi) is 3.60. The number of rotatable bonds is 2. The van der Waals surface area contributed by atoms with Gasteiger partial charge in [0.2, 0.25) is 0 Å². The molecular formula is C12H13BrF2O. The Hall–Kier alpha value is -0.480. The predicted octanol–water partition coefficient (Wildman–Crippen LogP) is 3.95. The molecule has 0 aliphatic heterocycles. The molecule has 1 unspecified atom stereocenters. The summed E-state index contributed by atoms with van der Waals surface area (Å²) < 4.78 is 27.5. The summed E-state index contributed by atoms with van der Waals surface area (Å²) in [6, 6.07) is 2.38. The zero-order valence-corrected chi connectivity index (χ0v) is 10.3. The predicted molar refractivity (Wildman–Crippen MR) is 61.0 cm³/mol. The van der Waals surface area contributed by atoms with Gasteiger partial charge in [-0.2, -0.15) is 0 Å². The Morgan fingerprint density at radius 1 is 1.19 bits per heavy atom. The van der Waals surface area contributed by atoms with Crippen LogP contribution in [-0.2, 0) is 0 Å². The zero-order chi connectivity index (χ0) is 11.7. The largest absolute Gasteiger partial charge is 0.388 e. The smallest absolute Gasteiger partial charge is 0.133 e. The maximum atomic E-state index is 13.6. The van der Waals surface area contributed by atoms with Crippen molar-refractivity contribution in [3.63, 3.8) is 0 Å². The molecule has 0 radical (unpaired) electrons. The van der Waals surface area contributed by atoms with Gasteiger partial charge in [0.25, 0.3) is 0 Å². The van der Waals surface area contributed by atoms with E-state index in [-0.39, 0.29) is 11.5 Å². The van der Waals surface area contributed by atoms with Crippen molar-refractivity contribution in [2.24, 2.45) is 5.92 Å². The number of hydrogen-bond donors (Lipinski definition) is 1. The molecule has 1 fully saturated rings. The minimum absolute atomic E-state index is 0.00910. The summed E-state index contributed by atoms with van der Waals surface area (Å²) in [4.78, 5) is 0. The van der Waals surface area contributed by atoms with Crippen LogP contribution in [-0.4, -0.2) is 5.11 Å². The molecular weight excluding hydrogens is 278 g/mol. The zero-order valence-electron chi connectivity index (χ0n) is 8.72. The first kappa shape index (κ1) is 12.0. The van der Waals surface area contributed by atoms with Crippen LogP contribution in [0.1, 0.15) is 37.4 Å². The maximum absolute atomic E-state index is 13.6. The molecule has 16 heavy (non-hydrogen) atoms. The van der Waals surface area contributed by atoms with Gasteiger partial charge in [-0.15, -0.1) is 0 Å². The number of benzene rings is 1. The van der Waals surface area contributed by atoms with E-state index >= 15 is 0 Å². The van der Waals surface area contributed by atoms with Crippen LogP contribution in [0.5, 0.6) is 0 Å². The maximum Gasteiger partial charge on any atom is 0.133 e. The van der Waals surface area contributed by atoms with E-state index in [2.05, 4.69) is 15.9 Å². The quantitative estimate of drug-likeness (QED) is 0.874. The lowest BCUT2D eigenvalue weighted by molar-refractivity contribution is 0.104. The molecule has 0 amide bonds. The topological polar surface area (TPSA) is 20.2 Å². The Morgan fingerprint density at radius 2 is 1.69 bits per heavy atom. The van der Waals surface area contributed by atoms with Gasteiger partial charge in [-0.05, 0) is 30.9 Å². The van der Waals surface area contributed by atoms with E-state index in [1.807, 2.05) is 0 Å². The number of halogens is 3. The highest BCUT2D eigenvalue weighted by atomic mass is 79.9. The summed E-state index contributed by atoms with van der Waals surface area (Å²) >= 11 is 3.02. The van der Waals surface area contributed by atoms with Crippen LogP contribution < -0.4 is 0 Å². The van der Waals surface area contributed by atoms with Gasteiger partial charge in [0.15, 0.2) is 0 Å². The fourth-order valence-electron chi connectivity index (χ4n) is 2.34. The van der Waals surface area contributed by atoms with E-state index in [0.717, 1.165) is 25.7 Å². The Balaban J connectivity index is 2.31. The second kappa shape index (κ2) is 4.80. The third-order valence-electron chi connectivity index (χ3n) is 3.19. The van der Waals surface area contributed by atoms with Crippen molar-refractivity contribution < 1.29 is 13.9 Å². The second-order valence-corrected chi connectivity index (χ2v) is 5.19. The third kappa shape index (κ3) is 2.28. The van der Waals surface area contributed by atoms with Crippen LogP contribution in [0, 0.1) is 17.6 Å². The van der Waals surface area contributed by atoms with E-state index in [4.69, 9.17) is 0 Å². The van der Waals surface area contributed by atoms with E-state index in [0.29, 0.717) is 4.47 Å². The molecule has 1 nitrogen and oxygen atoms in total. The van der Waals surface area contributed by atoms with Crippen molar-refractivity contribution in [1.82, 2.24) is 0 Å². The van der Waals surface area contributed by atoms with Crippen molar-refractivity contribution >= 4 is 15.9 Å². The highest BCUT2D eigenvalue weighted by molar-refractivity contribution is 9.10. The van der Waals surface area contributed by atoms with Crippen molar-refractivity contribution in [3.8, 4) is 0 Å². The van der Waals surface area contributed by atoms with Gasteiger partial charge in [-0.3, -0.25) is 0 Å². The van der Waals surface area contributed by atoms with E-state index in [1.165, 1.54) is 12.1 Å². The summed E-state index contributed by atoms with van der Waals surface area (Å²) in [5, 5.41) is 9.98. The average Bonchev–Trinajstić information content (AvgIpc) is 2.67. The molecule has 2 rings (SSSR count). The minimum Gasteiger partial charge on any atom is -0.388 e. The number of aliphatic hydroxyl groups is 1. The first-order chi connectivity index (χ1) is 7.59. The van der Waals surface area contributed by atoms with E-state index in [9.17, 15) is 13.9 Å². The Bertz CT molecular complexity index is 366. The molecule has 1 aromatic carbocycles. The summed E-state index contributed by atoms with van der Waals surface area (Å²) in [5.74, 6) is -1.36. The molecule has 1 N–H and O–H groups in total. The van der Waals surface area contributed by atoms with E-state index in [1.54, 1.807) is 0 Å². The first-order valence-electron chi connectivity index (χ1n) is 5.42. The van der Waals surface area contributed by atoms with Gasteiger partial charge in [-0.25, -0.2) is 8.78 Å². The van der Waals surface area contributed by atoms with Gasteiger partial charge in [-0.1, -0.05) is 28.8 Å². The summed E-state index contributed by atoms with van der Waals surface area (Å²) in [5.41, 5.74) is -0.185. The Labute approximate surface area is 102 Å². The lowest BCUT2D eigenvalue weighted by Crippen LogP contribution is -2.12. The lowest BCUT2D eigenvalue weighted by Gasteiger charge is -2.19. The van der Waals surface area contributed by atoms with Crippen LogP contribution in [0.3, 0.4) is 0 Å². The van der Waals surface area contributed by atoms with E-state index < -0.39 is 17.7 Å². The van der Waals surface area contributed by atoms with Gasteiger partial charge in [0, 0.05) is 4.47 Å². The fourth-order valence-corrected chi connectivity index (χ4v) is 2.75. The van der Waals surface area contributed by atoms with Crippen LogP contribution in [0.4, 0.5) is 8.78 Å². The van der Waals surface area contributed by atoms with Crippen LogP contribution >= 0.6 is 15.9 Å². The van der Waals surface area contributed by atoms with Gasteiger partial charge in [0.1, 0.15) is 11.6 Å². The average molecular weight is 291 g/mol. The van der Waals surface area contributed by atoms with Gasteiger partial charge >= 0.3 is 0 Å². The molecule has 4 heteroatoms. The first-order valence-corrected chi connectivity index (χ1v) is 6.21. The van der Waals surface area contributed by atoms with Crippen LogP contribution in [0.25, 0.3) is 0 Å². The molecule has 0 saturated heterocycles. The highest BCUT2D eigenvalue weighted by Crippen LogP contribution is 2.38. The third-order valence-corrected chi connectivity index (χ3v) is 3.64. The minimum atomic E-state index is -1.02. The normalized spacial score (nSPS) is 19.0. The van der Waals surface area contributed by atoms with Crippen molar-refractivity contribution in [2.45, 2.75) is 31.8 Å². The molecule has 1 atom stereocenters. The van der Waals surface area contributed by atoms with Gasteiger partial charge in [0.05, 0.1) is 11.7 Å². The van der Waals surface area contributed by atoms with Crippen LogP contribution in [0.15, 0.2) is 16.6 Å². The molecule has 0 heterocycles. The molecule has 0 aromatic heterocycles. The number of hydrogen-bond acceptors (Lipinski definition) is 1.